The smallest absolute Gasteiger partial charge is 0.273 e. The van der Waals surface area contributed by atoms with Crippen LogP contribution in [-0.4, -0.2) is 14.0 Å². The van der Waals surface area contributed by atoms with Crippen LogP contribution in [0.4, 0.5) is 4.79 Å². The van der Waals surface area contributed by atoms with Gasteiger partial charge in [0.05, 0.1) is 30.2 Å². The number of rotatable bonds is 7. The van der Waals surface area contributed by atoms with Crippen molar-refractivity contribution in [3.05, 3.63) is 87.9 Å². The molecule has 4 nitrogen and oxygen atoms in total. The number of imidazole rings is 1. The maximum Gasteiger partial charge on any atom is 0.273 e. The SMILES string of the molecule is O=C(SOCc1ccc(Cl)cc1)SC(Cn1ccnc1)c1ccc(Br)cc1. The van der Waals surface area contributed by atoms with E-state index in [1.807, 2.05) is 47.2 Å². The Morgan fingerprint density at radius 1 is 1.19 bits per heavy atom. The van der Waals surface area contributed by atoms with Crippen molar-refractivity contribution < 1.29 is 8.98 Å². The fourth-order valence-electron chi connectivity index (χ4n) is 2.34. The van der Waals surface area contributed by atoms with Crippen molar-refractivity contribution in [3.63, 3.8) is 0 Å². The maximum atomic E-state index is 12.4. The summed E-state index contributed by atoms with van der Waals surface area (Å²) in [5, 5.41) is 0.640. The van der Waals surface area contributed by atoms with Gasteiger partial charge in [-0.15, -0.1) is 0 Å². The number of carbonyl (C=O) groups is 1. The molecule has 1 aromatic heterocycles. The Bertz CT molecular complexity index is 858. The number of thioether (sulfide) groups is 1. The van der Waals surface area contributed by atoms with E-state index in [0.29, 0.717) is 18.2 Å². The van der Waals surface area contributed by atoms with Crippen LogP contribution in [0.15, 0.2) is 71.7 Å². The molecule has 0 saturated heterocycles. The quantitative estimate of drug-likeness (QED) is 0.347. The van der Waals surface area contributed by atoms with Gasteiger partial charge in [0.2, 0.25) is 0 Å². The molecular formula is C19H16BrClN2O2S2. The van der Waals surface area contributed by atoms with Crippen molar-refractivity contribution in [1.29, 1.82) is 0 Å². The Morgan fingerprint density at radius 2 is 1.93 bits per heavy atom. The van der Waals surface area contributed by atoms with E-state index in [-0.39, 0.29) is 9.70 Å². The Kier molecular flexibility index (Phi) is 7.84. The summed E-state index contributed by atoms with van der Waals surface area (Å²) in [6, 6.07) is 15.4. The number of halogens is 2. The van der Waals surface area contributed by atoms with Gasteiger partial charge in [0.25, 0.3) is 4.45 Å². The summed E-state index contributed by atoms with van der Waals surface area (Å²) < 4.78 is 8.37. The summed E-state index contributed by atoms with van der Waals surface area (Å²) >= 11 is 11.4. The molecule has 0 N–H and O–H groups in total. The largest absolute Gasteiger partial charge is 0.336 e. The number of carbonyl (C=O) groups excluding carboxylic acids is 1. The Morgan fingerprint density at radius 3 is 2.59 bits per heavy atom. The first kappa shape index (κ1) is 20.5. The highest BCUT2D eigenvalue weighted by Gasteiger charge is 2.19. The van der Waals surface area contributed by atoms with E-state index in [0.717, 1.165) is 27.6 Å². The van der Waals surface area contributed by atoms with Gasteiger partial charge in [0.1, 0.15) is 0 Å². The van der Waals surface area contributed by atoms with E-state index in [1.165, 1.54) is 11.8 Å². The van der Waals surface area contributed by atoms with Gasteiger partial charge in [-0.3, -0.25) is 4.79 Å². The second-order valence-corrected chi connectivity index (χ2v) is 9.20. The molecule has 0 aliphatic carbocycles. The highest BCUT2D eigenvalue weighted by Crippen LogP contribution is 2.36. The second-order valence-electron chi connectivity index (χ2n) is 5.64. The van der Waals surface area contributed by atoms with E-state index < -0.39 is 0 Å². The standard InChI is InChI=1S/C19H16BrClN2O2S2/c20-16-5-3-15(4-6-16)18(11-23-10-9-22-13-23)26-19(24)27-25-12-14-1-7-17(21)8-2-14/h1-10,13,18H,11-12H2. The van der Waals surface area contributed by atoms with Crippen molar-refractivity contribution in [2.75, 3.05) is 0 Å². The molecule has 0 fully saturated rings. The third-order valence-corrected chi connectivity index (χ3v) is 6.23. The first-order chi connectivity index (χ1) is 13.1. The first-order valence-corrected chi connectivity index (χ1v) is 10.8. The van der Waals surface area contributed by atoms with Crippen LogP contribution in [0.5, 0.6) is 0 Å². The zero-order valence-electron chi connectivity index (χ0n) is 14.1. The molecule has 8 heteroatoms. The third kappa shape index (κ3) is 6.69. The topological polar surface area (TPSA) is 44.1 Å². The number of hydrogen-bond donors (Lipinski definition) is 0. The van der Waals surface area contributed by atoms with E-state index in [9.17, 15) is 4.79 Å². The molecule has 0 aliphatic heterocycles. The van der Waals surface area contributed by atoms with Crippen LogP contribution < -0.4 is 0 Å². The van der Waals surface area contributed by atoms with Crippen LogP contribution in [0.3, 0.4) is 0 Å². The first-order valence-electron chi connectivity index (χ1n) is 8.06. The minimum absolute atomic E-state index is 0.0357. The summed E-state index contributed by atoms with van der Waals surface area (Å²) in [4.78, 5) is 16.5. The molecule has 140 valence electrons. The summed E-state index contributed by atoms with van der Waals surface area (Å²) in [6.07, 6.45) is 5.37. The zero-order chi connectivity index (χ0) is 19.1. The minimum Gasteiger partial charge on any atom is -0.336 e. The maximum absolute atomic E-state index is 12.4. The van der Waals surface area contributed by atoms with Crippen molar-refractivity contribution >= 4 is 55.8 Å². The molecule has 1 heterocycles. The van der Waals surface area contributed by atoms with Crippen LogP contribution in [-0.2, 0) is 17.3 Å². The predicted molar refractivity (Wildman–Crippen MR) is 116 cm³/mol. The number of aromatic nitrogens is 2. The van der Waals surface area contributed by atoms with Gasteiger partial charge in [-0.05, 0) is 35.4 Å². The Labute approximate surface area is 180 Å². The van der Waals surface area contributed by atoms with Gasteiger partial charge in [0, 0.05) is 28.4 Å². The van der Waals surface area contributed by atoms with Crippen molar-refractivity contribution in [2.24, 2.45) is 0 Å². The molecule has 0 spiro atoms. The van der Waals surface area contributed by atoms with Crippen molar-refractivity contribution in [1.82, 2.24) is 9.55 Å². The molecule has 0 saturated carbocycles. The number of benzene rings is 2. The summed E-state index contributed by atoms with van der Waals surface area (Å²) in [5.41, 5.74) is 2.04. The molecule has 0 amide bonds. The van der Waals surface area contributed by atoms with E-state index in [1.54, 1.807) is 24.7 Å². The average molecular weight is 484 g/mol. The molecular weight excluding hydrogens is 468 g/mol. The second kappa shape index (κ2) is 10.3. The number of nitrogens with zero attached hydrogens (tertiary/aromatic N) is 2. The number of hydrogen-bond acceptors (Lipinski definition) is 5. The third-order valence-electron chi connectivity index (χ3n) is 3.68. The fourth-order valence-corrected chi connectivity index (χ4v) is 4.44. The van der Waals surface area contributed by atoms with Crippen LogP contribution in [0.1, 0.15) is 16.4 Å². The molecule has 0 bridgehead atoms. The highest BCUT2D eigenvalue weighted by molar-refractivity contribution is 9.10. The molecule has 1 atom stereocenters. The lowest BCUT2D eigenvalue weighted by molar-refractivity contribution is 0.273. The summed E-state index contributed by atoms with van der Waals surface area (Å²) in [7, 11) is 0. The van der Waals surface area contributed by atoms with Gasteiger partial charge >= 0.3 is 0 Å². The fraction of sp³-hybridized carbons (Fsp3) is 0.158. The molecule has 2 aromatic carbocycles. The van der Waals surface area contributed by atoms with Crippen LogP contribution in [0, 0.1) is 0 Å². The molecule has 0 radical (unpaired) electrons. The van der Waals surface area contributed by atoms with Gasteiger partial charge < -0.3 is 8.75 Å². The summed E-state index contributed by atoms with van der Waals surface area (Å²) in [6.45, 7) is 0.994. The lowest BCUT2D eigenvalue weighted by atomic mass is 10.1. The molecule has 0 aliphatic rings. The molecule has 1 unspecified atom stereocenters. The highest BCUT2D eigenvalue weighted by atomic mass is 79.9. The van der Waals surface area contributed by atoms with E-state index in [2.05, 4.69) is 20.9 Å². The van der Waals surface area contributed by atoms with Crippen LogP contribution >= 0.6 is 51.3 Å². The Hall–Kier alpha value is -1.25. The van der Waals surface area contributed by atoms with Gasteiger partial charge in [-0.1, -0.05) is 63.6 Å². The molecule has 3 rings (SSSR count). The van der Waals surface area contributed by atoms with E-state index >= 15 is 0 Å². The summed E-state index contributed by atoms with van der Waals surface area (Å²) in [5.74, 6) is 0. The van der Waals surface area contributed by atoms with Gasteiger partial charge in [0.15, 0.2) is 0 Å². The van der Waals surface area contributed by atoms with Crippen LogP contribution in [0.2, 0.25) is 5.02 Å². The van der Waals surface area contributed by atoms with Gasteiger partial charge in [-0.25, -0.2) is 4.98 Å². The lowest BCUT2D eigenvalue weighted by Gasteiger charge is -2.16. The molecule has 27 heavy (non-hydrogen) atoms. The van der Waals surface area contributed by atoms with Crippen molar-refractivity contribution in [2.45, 2.75) is 18.4 Å². The molecule has 3 aromatic rings. The lowest BCUT2D eigenvalue weighted by Crippen LogP contribution is -2.06. The monoisotopic (exact) mass is 482 g/mol. The van der Waals surface area contributed by atoms with Crippen LogP contribution in [0.25, 0.3) is 0 Å². The minimum atomic E-state index is -0.0861. The van der Waals surface area contributed by atoms with Gasteiger partial charge in [-0.2, -0.15) is 0 Å². The zero-order valence-corrected chi connectivity index (χ0v) is 18.1. The normalized spacial score (nSPS) is 12.1. The predicted octanol–water partition coefficient (Wildman–Crippen LogP) is 6.76. The van der Waals surface area contributed by atoms with Crippen molar-refractivity contribution in [3.8, 4) is 0 Å². The van der Waals surface area contributed by atoms with E-state index in [4.69, 9.17) is 15.8 Å². The average Bonchev–Trinajstić information content (AvgIpc) is 3.17. The Balaban J connectivity index is 1.58.